The van der Waals surface area contributed by atoms with Crippen molar-refractivity contribution in [3.8, 4) is 0 Å². The highest BCUT2D eigenvalue weighted by Crippen LogP contribution is 2.40. The van der Waals surface area contributed by atoms with E-state index in [0.29, 0.717) is 5.56 Å². The zero-order valence-corrected chi connectivity index (χ0v) is 14.1. The largest absolute Gasteiger partial charge is 0.419 e. The van der Waals surface area contributed by atoms with Crippen LogP contribution in [-0.2, 0) is 6.18 Å². The Hall–Kier alpha value is -0.400. The number of aryl methyl sites for hydroxylation is 1. The van der Waals surface area contributed by atoms with Gasteiger partial charge in [0.25, 0.3) is 0 Å². The van der Waals surface area contributed by atoms with Gasteiger partial charge in [-0.1, -0.05) is 22.0 Å². The number of alkyl halides is 4. The summed E-state index contributed by atoms with van der Waals surface area (Å²) in [6, 6.07) is 4.89. The standard InChI is InChI=1S/C13H8Br2F4S/c1-6-9(14)5-11(20-6)12(15)7-2-3-10(16)8(4-7)13(17,18)19/h2-5,12H,1H3. The maximum Gasteiger partial charge on any atom is 0.419 e. The SMILES string of the molecule is Cc1sc(C(Br)c2ccc(F)c(C(F)(F)F)c2)cc1Br. The molecular weight excluding hydrogens is 424 g/mol. The van der Waals surface area contributed by atoms with Gasteiger partial charge in [0.1, 0.15) is 5.82 Å². The molecule has 7 heteroatoms. The molecule has 0 nitrogen and oxygen atoms in total. The van der Waals surface area contributed by atoms with Gasteiger partial charge >= 0.3 is 6.18 Å². The second-order valence-corrected chi connectivity index (χ2v) is 7.21. The predicted octanol–water partition coefficient (Wildman–Crippen LogP) is 6.46. The highest BCUT2D eigenvalue weighted by molar-refractivity contribution is 9.10. The number of thiophene rings is 1. The Kier molecular flexibility index (Phi) is 4.61. The van der Waals surface area contributed by atoms with Crippen LogP contribution in [0, 0.1) is 12.7 Å². The molecule has 2 aromatic rings. The fourth-order valence-electron chi connectivity index (χ4n) is 1.69. The molecule has 0 saturated heterocycles. The molecule has 20 heavy (non-hydrogen) atoms. The van der Waals surface area contributed by atoms with E-state index in [1.165, 1.54) is 17.4 Å². The van der Waals surface area contributed by atoms with Gasteiger partial charge in [-0.25, -0.2) is 4.39 Å². The molecule has 0 aliphatic rings. The van der Waals surface area contributed by atoms with Crippen LogP contribution in [0.15, 0.2) is 28.7 Å². The Morgan fingerprint density at radius 1 is 1.20 bits per heavy atom. The van der Waals surface area contributed by atoms with E-state index in [0.717, 1.165) is 26.4 Å². The number of hydrogen-bond donors (Lipinski definition) is 0. The average molecular weight is 432 g/mol. The van der Waals surface area contributed by atoms with Crippen LogP contribution < -0.4 is 0 Å². The molecule has 0 amide bonds. The third-order valence-electron chi connectivity index (χ3n) is 2.71. The Labute approximate surface area is 134 Å². The van der Waals surface area contributed by atoms with Crippen molar-refractivity contribution in [1.82, 2.24) is 0 Å². The summed E-state index contributed by atoms with van der Waals surface area (Å²) in [6.45, 7) is 1.91. The Bertz CT molecular complexity index is 614. The molecule has 0 N–H and O–H groups in total. The molecule has 108 valence electrons. The van der Waals surface area contributed by atoms with Crippen molar-refractivity contribution in [2.75, 3.05) is 0 Å². The summed E-state index contributed by atoms with van der Waals surface area (Å²) in [7, 11) is 0. The maximum absolute atomic E-state index is 13.3. The molecule has 0 spiro atoms. The number of rotatable bonds is 2. The molecule has 0 saturated carbocycles. The molecular formula is C13H8Br2F4S. The fraction of sp³-hybridized carbons (Fsp3) is 0.231. The van der Waals surface area contributed by atoms with Crippen LogP contribution in [0.4, 0.5) is 17.6 Å². The monoisotopic (exact) mass is 430 g/mol. The quantitative estimate of drug-likeness (QED) is 0.378. The number of hydrogen-bond acceptors (Lipinski definition) is 1. The minimum Gasteiger partial charge on any atom is -0.206 e. The third-order valence-corrected chi connectivity index (χ3v) is 6.24. The van der Waals surface area contributed by atoms with Crippen LogP contribution in [0.3, 0.4) is 0 Å². The van der Waals surface area contributed by atoms with E-state index in [-0.39, 0.29) is 0 Å². The van der Waals surface area contributed by atoms with E-state index < -0.39 is 22.4 Å². The third kappa shape index (κ3) is 3.26. The van der Waals surface area contributed by atoms with Crippen LogP contribution in [-0.4, -0.2) is 0 Å². The molecule has 2 rings (SSSR count). The molecule has 0 bridgehead atoms. The molecule has 0 fully saturated rings. The molecule has 0 aliphatic carbocycles. The second-order valence-electron chi connectivity index (χ2n) is 4.15. The molecule has 0 radical (unpaired) electrons. The lowest BCUT2D eigenvalue weighted by Crippen LogP contribution is -2.09. The molecule has 1 unspecified atom stereocenters. The summed E-state index contributed by atoms with van der Waals surface area (Å²) >= 11 is 8.20. The molecule has 1 aromatic carbocycles. The van der Waals surface area contributed by atoms with Crippen LogP contribution >= 0.6 is 43.2 Å². The van der Waals surface area contributed by atoms with Crippen molar-refractivity contribution in [2.24, 2.45) is 0 Å². The van der Waals surface area contributed by atoms with E-state index in [1.54, 1.807) is 0 Å². The van der Waals surface area contributed by atoms with Gasteiger partial charge in [0.05, 0.1) is 10.4 Å². The van der Waals surface area contributed by atoms with Gasteiger partial charge in [0.15, 0.2) is 0 Å². The van der Waals surface area contributed by atoms with Crippen molar-refractivity contribution in [1.29, 1.82) is 0 Å². The van der Waals surface area contributed by atoms with Crippen LogP contribution in [0.25, 0.3) is 0 Å². The fourth-order valence-corrected chi connectivity index (χ4v) is 3.95. The van der Waals surface area contributed by atoms with Crippen molar-refractivity contribution < 1.29 is 17.6 Å². The number of benzene rings is 1. The van der Waals surface area contributed by atoms with Gasteiger partial charge in [-0.15, -0.1) is 11.3 Å². The highest BCUT2D eigenvalue weighted by Gasteiger charge is 2.34. The second kappa shape index (κ2) is 5.77. The summed E-state index contributed by atoms with van der Waals surface area (Å²) in [5.41, 5.74) is -0.876. The summed E-state index contributed by atoms with van der Waals surface area (Å²) in [5, 5.41) is 0. The Morgan fingerprint density at radius 3 is 2.35 bits per heavy atom. The van der Waals surface area contributed by atoms with Crippen molar-refractivity contribution >= 4 is 43.2 Å². The molecule has 1 heterocycles. The first kappa shape index (κ1) is 16.0. The van der Waals surface area contributed by atoms with Crippen LogP contribution in [0.2, 0.25) is 0 Å². The Balaban J connectivity index is 2.43. The van der Waals surface area contributed by atoms with E-state index >= 15 is 0 Å². The van der Waals surface area contributed by atoms with Crippen LogP contribution in [0.5, 0.6) is 0 Å². The summed E-state index contributed by atoms with van der Waals surface area (Å²) in [6.07, 6.45) is -4.70. The van der Waals surface area contributed by atoms with E-state index in [2.05, 4.69) is 31.9 Å². The normalized spacial score (nSPS) is 13.6. The molecule has 1 aromatic heterocycles. The predicted molar refractivity (Wildman–Crippen MR) is 78.9 cm³/mol. The highest BCUT2D eigenvalue weighted by atomic mass is 79.9. The summed E-state index contributed by atoms with van der Waals surface area (Å²) in [5.74, 6) is -1.26. The van der Waals surface area contributed by atoms with Crippen molar-refractivity contribution in [2.45, 2.75) is 17.9 Å². The molecule has 0 aliphatic heterocycles. The summed E-state index contributed by atoms with van der Waals surface area (Å²) in [4.78, 5) is 1.48. The van der Waals surface area contributed by atoms with Crippen molar-refractivity contribution in [3.63, 3.8) is 0 Å². The van der Waals surface area contributed by atoms with Gasteiger partial charge in [0, 0.05) is 14.2 Å². The van der Waals surface area contributed by atoms with E-state index in [4.69, 9.17) is 0 Å². The Morgan fingerprint density at radius 2 is 1.85 bits per heavy atom. The topological polar surface area (TPSA) is 0 Å². The molecule has 1 atom stereocenters. The minimum atomic E-state index is -4.70. The van der Waals surface area contributed by atoms with Crippen LogP contribution in [0.1, 0.15) is 25.7 Å². The van der Waals surface area contributed by atoms with Gasteiger partial charge in [-0.05, 0) is 46.6 Å². The first-order chi connectivity index (χ1) is 9.20. The lowest BCUT2D eigenvalue weighted by Gasteiger charge is -2.13. The van der Waals surface area contributed by atoms with E-state index in [9.17, 15) is 17.6 Å². The zero-order chi connectivity index (χ0) is 15.1. The average Bonchev–Trinajstić information content (AvgIpc) is 2.68. The minimum absolute atomic E-state index is 0.368. The van der Waals surface area contributed by atoms with Gasteiger partial charge < -0.3 is 0 Å². The van der Waals surface area contributed by atoms with E-state index in [1.807, 2.05) is 13.0 Å². The van der Waals surface area contributed by atoms with Gasteiger partial charge in [-0.2, -0.15) is 13.2 Å². The van der Waals surface area contributed by atoms with Gasteiger partial charge in [0.2, 0.25) is 0 Å². The first-order valence-corrected chi connectivity index (χ1v) is 7.99. The lowest BCUT2D eigenvalue weighted by atomic mass is 10.1. The maximum atomic E-state index is 13.3. The lowest BCUT2D eigenvalue weighted by molar-refractivity contribution is -0.140. The zero-order valence-electron chi connectivity index (χ0n) is 10.1. The summed E-state index contributed by atoms with van der Waals surface area (Å²) < 4.78 is 52.3. The smallest absolute Gasteiger partial charge is 0.206 e. The van der Waals surface area contributed by atoms with Crippen molar-refractivity contribution in [3.05, 3.63) is 55.4 Å². The number of halogens is 6. The van der Waals surface area contributed by atoms with Gasteiger partial charge in [-0.3, -0.25) is 0 Å². The first-order valence-electron chi connectivity index (χ1n) is 5.46.